The van der Waals surface area contributed by atoms with Gasteiger partial charge in [-0.2, -0.15) is 0 Å². The third-order valence-electron chi connectivity index (χ3n) is 3.66. The molecule has 0 aromatic rings. The molecule has 1 saturated heterocycles. The zero-order valence-electron chi connectivity index (χ0n) is 9.01. The van der Waals surface area contributed by atoms with Gasteiger partial charge in [-0.3, -0.25) is 0 Å². The Morgan fingerprint density at radius 2 is 1.69 bits per heavy atom. The van der Waals surface area contributed by atoms with Crippen LogP contribution in [0.25, 0.3) is 0 Å². The van der Waals surface area contributed by atoms with Crippen LogP contribution < -0.4 is 0 Å². The van der Waals surface area contributed by atoms with Crippen LogP contribution in [0, 0.1) is 5.92 Å². The predicted octanol–water partition coefficient (Wildman–Crippen LogP) is 3.56. The van der Waals surface area contributed by atoms with Gasteiger partial charge in [0.1, 0.15) is 0 Å². The highest BCUT2D eigenvalue weighted by molar-refractivity contribution is 6.71. The lowest BCUT2D eigenvalue weighted by Crippen LogP contribution is -2.42. The van der Waals surface area contributed by atoms with Crippen molar-refractivity contribution in [2.24, 2.45) is 5.92 Å². The molecule has 2 rings (SSSR count). The monoisotopic (exact) mass is 198 g/mol. The van der Waals surface area contributed by atoms with E-state index in [0.717, 1.165) is 5.92 Å². The summed E-state index contributed by atoms with van der Waals surface area (Å²) in [5.74, 6) is 0.923. The molecule has 2 heteroatoms. The van der Waals surface area contributed by atoms with Gasteiger partial charge in [0, 0.05) is 6.10 Å². The summed E-state index contributed by atoms with van der Waals surface area (Å²) in [6, 6.07) is 1.39. The van der Waals surface area contributed by atoms with Crippen molar-refractivity contribution in [1.29, 1.82) is 0 Å². The van der Waals surface area contributed by atoms with E-state index in [4.69, 9.17) is 4.43 Å². The van der Waals surface area contributed by atoms with E-state index < -0.39 is 8.32 Å². The van der Waals surface area contributed by atoms with Gasteiger partial charge in [-0.25, -0.2) is 0 Å². The standard InChI is InChI=1S/C11H22OSi/c1-13(2)9-5-8-11(12-13)10-6-3-4-7-10/h10-11H,3-9H2,1-2H3. The first-order valence-corrected chi connectivity index (χ1v) is 8.97. The SMILES string of the molecule is C[Si]1(C)CCCC(C2CCCC2)O1. The molecule has 1 aliphatic carbocycles. The first-order valence-electron chi connectivity index (χ1n) is 5.85. The summed E-state index contributed by atoms with van der Waals surface area (Å²) in [6.45, 7) is 4.77. The van der Waals surface area contributed by atoms with Crippen LogP contribution in [-0.2, 0) is 4.43 Å². The highest BCUT2D eigenvalue weighted by atomic mass is 28.4. The van der Waals surface area contributed by atoms with Crippen LogP contribution in [0.1, 0.15) is 38.5 Å². The third-order valence-corrected chi connectivity index (χ3v) is 6.16. The van der Waals surface area contributed by atoms with E-state index in [2.05, 4.69) is 13.1 Å². The fourth-order valence-electron chi connectivity index (χ4n) is 2.92. The average molecular weight is 198 g/mol. The van der Waals surface area contributed by atoms with E-state index in [1.165, 1.54) is 44.6 Å². The second-order valence-electron chi connectivity index (χ2n) is 5.35. The lowest BCUT2D eigenvalue weighted by molar-refractivity contribution is 0.102. The molecule has 76 valence electrons. The van der Waals surface area contributed by atoms with E-state index in [1.54, 1.807) is 0 Å². The molecule has 1 saturated carbocycles. The normalized spacial score (nSPS) is 35.1. The fraction of sp³-hybridized carbons (Fsp3) is 1.00. The zero-order valence-corrected chi connectivity index (χ0v) is 10.0. The highest BCUT2D eigenvalue weighted by Crippen LogP contribution is 2.36. The molecular weight excluding hydrogens is 176 g/mol. The summed E-state index contributed by atoms with van der Waals surface area (Å²) in [7, 11) is -1.22. The molecule has 0 spiro atoms. The smallest absolute Gasteiger partial charge is 0.187 e. The predicted molar refractivity (Wildman–Crippen MR) is 58.4 cm³/mol. The maximum atomic E-state index is 6.30. The largest absolute Gasteiger partial charge is 0.414 e. The lowest BCUT2D eigenvalue weighted by atomic mass is 9.97. The van der Waals surface area contributed by atoms with Crippen molar-refractivity contribution in [3.05, 3.63) is 0 Å². The van der Waals surface area contributed by atoms with Crippen molar-refractivity contribution >= 4 is 8.32 Å². The first-order chi connectivity index (χ1) is 6.17. The molecule has 0 radical (unpaired) electrons. The maximum Gasteiger partial charge on any atom is 0.187 e. The van der Waals surface area contributed by atoms with Gasteiger partial charge in [0.05, 0.1) is 0 Å². The molecule has 0 amide bonds. The summed E-state index contributed by atoms with van der Waals surface area (Å²) in [5, 5.41) is 0. The quantitative estimate of drug-likeness (QED) is 0.585. The van der Waals surface area contributed by atoms with Gasteiger partial charge in [0.25, 0.3) is 0 Å². The summed E-state index contributed by atoms with van der Waals surface area (Å²) >= 11 is 0. The van der Waals surface area contributed by atoms with Gasteiger partial charge in [-0.15, -0.1) is 0 Å². The minimum absolute atomic E-state index is 0.651. The molecule has 1 nitrogen and oxygen atoms in total. The van der Waals surface area contributed by atoms with Gasteiger partial charge < -0.3 is 4.43 Å². The first kappa shape index (κ1) is 9.72. The average Bonchev–Trinajstić information content (AvgIpc) is 2.53. The van der Waals surface area contributed by atoms with Crippen molar-refractivity contribution in [2.45, 2.75) is 63.8 Å². The van der Waals surface area contributed by atoms with Gasteiger partial charge in [-0.05, 0) is 44.3 Å². The van der Waals surface area contributed by atoms with Crippen molar-refractivity contribution in [1.82, 2.24) is 0 Å². The summed E-state index contributed by atoms with van der Waals surface area (Å²) in [6.07, 6.45) is 9.21. The van der Waals surface area contributed by atoms with Crippen molar-refractivity contribution in [3.63, 3.8) is 0 Å². The fourth-order valence-corrected chi connectivity index (χ4v) is 5.22. The Morgan fingerprint density at radius 1 is 1.00 bits per heavy atom. The van der Waals surface area contributed by atoms with Crippen LogP contribution in [0.3, 0.4) is 0 Å². The summed E-state index contributed by atoms with van der Waals surface area (Å²) in [5.41, 5.74) is 0. The lowest BCUT2D eigenvalue weighted by Gasteiger charge is -2.37. The van der Waals surface area contributed by atoms with E-state index in [-0.39, 0.29) is 0 Å². The number of rotatable bonds is 1. The van der Waals surface area contributed by atoms with Crippen LogP contribution in [-0.4, -0.2) is 14.4 Å². The number of hydrogen-bond acceptors (Lipinski definition) is 1. The Kier molecular flexibility index (Phi) is 2.79. The Bertz CT molecular complexity index is 173. The van der Waals surface area contributed by atoms with Crippen LogP contribution >= 0.6 is 0 Å². The Morgan fingerprint density at radius 3 is 2.31 bits per heavy atom. The minimum Gasteiger partial charge on any atom is -0.414 e. The second kappa shape index (κ2) is 3.74. The Hall–Kier alpha value is 0.177. The third kappa shape index (κ3) is 2.35. The topological polar surface area (TPSA) is 9.23 Å². The van der Waals surface area contributed by atoms with E-state index in [1.807, 2.05) is 0 Å². The molecule has 0 aromatic carbocycles. The summed E-state index contributed by atoms with van der Waals surface area (Å²) in [4.78, 5) is 0. The van der Waals surface area contributed by atoms with Crippen molar-refractivity contribution in [2.75, 3.05) is 0 Å². The van der Waals surface area contributed by atoms with Gasteiger partial charge in [-0.1, -0.05) is 19.3 Å². The van der Waals surface area contributed by atoms with Crippen LogP contribution in [0.5, 0.6) is 0 Å². The molecular formula is C11H22OSi. The van der Waals surface area contributed by atoms with E-state index in [9.17, 15) is 0 Å². The maximum absolute atomic E-state index is 6.30. The van der Waals surface area contributed by atoms with E-state index in [0.29, 0.717) is 6.10 Å². The molecule has 1 heterocycles. The van der Waals surface area contributed by atoms with Crippen LogP contribution in [0.2, 0.25) is 19.1 Å². The molecule has 0 N–H and O–H groups in total. The number of hydrogen-bond donors (Lipinski definition) is 0. The molecule has 0 aromatic heterocycles. The molecule has 1 aliphatic heterocycles. The van der Waals surface area contributed by atoms with Crippen LogP contribution in [0.15, 0.2) is 0 Å². The van der Waals surface area contributed by atoms with E-state index >= 15 is 0 Å². The van der Waals surface area contributed by atoms with Crippen LogP contribution in [0.4, 0.5) is 0 Å². The molecule has 1 atom stereocenters. The molecule has 2 fully saturated rings. The van der Waals surface area contributed by atoms with Crippen molar-refractivity contribution < 1.29 is 4.43 Å². The highest BCUT2D eigenvalue weighted by Gasteiger charge is 2.35. The molecule has 2 aliphatic rings. The van der Waals surface area contributed by atoms with Crippen molar-refractivity contribution in [3.8, 4) is 0 Å². The molecule has 1 unspecified atom stereocenters. The molecule has 0 bridgehead atoms. The van der Waals surface area contributed by atoms with Gasteiger partial charge >= 0.3 is 0 Å². The Labute approximate surface area is 83.0 Å². The minimum atomic E-state index is -1.22. The molecule has 13 heavy (non-hydrogen) atoms. The van der Waals surface area contributed by atoms with Gasteiger partial charge in [0.15, 0.2) is 8.32 Å². The Balaban J connectivity index is 1.91. The summed E-state index contributed by atoms with van der Waals surface area (Å²) < 4.78 is 6.30. The zero-order chi connectivity index (χ0) is 9.31. The van der Waals surface area contributed by atoms with Gasteiger partial charge in [0.2, 0.25) is 0 Å². The second-order valence-corrected chi connectivity index (χ2v) is 9.61.